The Balaban J connectivity index is 2.21. The van der Waals surface area contributed by atoms with Gasteiger partial charge < -0.3 is 9.84 Å². The minimum Gasteiger partial charge on any atom is -0.507 e. The van der Waals surface area contributed by atoms with E-state index >= 15 is 0 Å². The van der Waals surface area contributed by atoms with Crippen molar-refractivity contribution in [2.24, 2.45) is 0 Å². The van der Waals surface area contributed by atoms with Crippen LogP contribution in [0.5, 0.6) is 11.5 Å². The molecule has 2 N–H and O–H groups in total. The van der Waals surface area contributed by atoms with Gasteiger partial charge in [0.1, 0.15) is 17.2 Å². The molecule has 3 rings (SSSR count). The Hall–Kier alpha value is -2.75. The number of hydrogen-bond acceptors (Lipinski definition) is 3. The Labute approximate surface area is 135 Å². The number of aromatic hydroxyl groups is 1. The second-order valence-electron chi connectivity index (χ2n) is 5.47. The van der Waals surface area contributed by atoms with Crippen LogP contribution >= 0.6 is 0 Å². The van der Waals surface area contributed by atoms with Gasteiger partial charge in [-0.1, -0.05) is 37.3 Å². The summed E-state index contributed by atoms with van der Waals surface area (Å²) in [5, 5.41) is 17.9. The number of aromatic nitrogens is 2. The van der Waals surface area contributed by atoms with E-state index in [0.717, 1.165) is 34.5 Å². The first-order valence-electron chi connectivity index (χ1n) is 7.66. The molecule has 2 aromatic carbocycles. The van der Waals surface area contributed by atoms with Crippen LogP contribution in [0.3, 0.4) is 0 Å². The molecule has 4 heteroatoms. The third-order valence-electron chi connectivity index (χ3n) is 4.04. The standard InChI is InChI=1S/C19H20N2O2/c1-4-13-10-15(16(22)11-17(13)23-3)19-18(12(2)20-21-19)14-8-6-5-7-9-14/h5-11,22H,4H2,1-3H3,(H,20,21). The summed E-state index contributed by atoms with van der Waals surface area (Å²) in [4.78, 5) is 0. The zero-order valence-corrected chi connectivity index (χ0v) is 13.6. The number of rotatable bonds is 4. The molecule has 0 fully saturated rings. The average Bonchev–Trinajstić information content (AvgIpc) is 2.96. The predicted molar refractivity (Wildman–Crippen MR) is 91.8 cm³/mol. The monoisotopic (exact) mass is 308 g/mol. The lowest BCUT2D eigenvalue weighted by atomic mass is 9.97. The van der Waals surface area contributed by atoms with Crippen LogP contribution in [0.25, 0.3) is 22.4 Å². The van der Waals surface area contributed by atoms with E-state index in [2.05, 4.69) is 17.1 Å². The highest BCUT2D eigenvalue weighted by atomic mass is 16.5. The third-order valence-corrected chi connectivity index (χ3v) is 4.04. The first-order chi connectivity index (χ1) is 11.2. The fourth-order valence-electron chi connectivity index (χ4n) is 2.85. The molecule has 0 saturated carbocycles. The molecule has 0 aliphatic heterocycles. The van der Waals surface area contributed by atoms with Crippen molar-refractivity contribution in [2.75, 3.05) is 7.11 Å². The zero-order valence-electron chi connectivity index (χ0n) is 13.6. The largest absolute Gasteiger partial charge is 0.507 e. The second-order valence-corrected chi connectivity index (χ2v) is 5.47. The number of hydrogen-bond donors (Lipinski definition) is 2. The molecule has 0 spiro atoms. The van der Waals surface area contributed by atoms with E-state index in [1.165, 1.54) is 0 Å². The van der Waals surface area contributed by atoms with E-state index < -0.39 is 0 Å². The quantitative estimate of drug-likeness (QED) is 0.754. The molecule has 4 nitrogen and oxygen atoms in total. The molecule has 0 radical (unpaired) electrons. The Morgan fingerprint density at radius 3 is 2.57 bits per heavy atom. The maximum Gasteiger partial charge on any atom is 0.128 e. The van der Waals surface area contributed by atoms with Crippen molar-refractivity contribution >= 4 is 0 Å². The smallest absolute Gasteiger partial charge is 0.128 e. The number of methoxy groups -OCH3 is 1. The number of H-pyrrole nitrogens is 1. The minimum atomic E-state index is 0.169. The van der Waals surface area contributed by atoms with Crippen LogP contribution in [0.1, 0.15) is 18.2 Å². The Morgan fingerprint density at radius 1 is 1.17 bits per heavy atom. The van der Waals surface area contributed by atoms with Crippen molar-refractivity contribution in [1.82, 2.24) is 10.2 Å². The fourth-order valence-corrected chi connectivity index (χ4v) is 2.85. The van der Waals surface area contributed by atoms with Gasteiger partial charge in [0.25, 0.3) is 0 Å². The van der Waals surface area contributed by atoms with E-state index in [0.29, 0.717) is 11.3 Å². The minimum absolute atomic E-state index is 0.169. The number of benzene rings is 2. The lowest BCUT2D eigenvalue weighted by molar-refractivity contribution is 0.403. The molecule has 118 valence electrons. The molecule has 0 aliphatic carbocycles. The van der Waals surface area contributed by atoms with Gasteiger partial charge in [-0.3, -0.25) is 5.10 Å². The molecule has 0 aliphatic rings. The predicted octanol–water partition coefficient (Wildman–Crippen LogP) is 4.33. The van der Waals surface area contributed by atoms with Crippen molar-refractivity contribution in [1.29, 1.82) is 0 Å². The molecule has 0 saturated heterocycles. The number of aryl methyl sites for hydroxylation is 2. The molecule has 0 atom stereocenters. The van der Waals surface area contributed by atoms with Gasteiger partial charge in [0.2, 0.25) is 0 Å². The van der Waals surface area contributed by atoms with Crippen LogP contribution in [0.4, 0.5) is 0 Å². The number of phenolic OH excluding ortho intramolecular Hbond substituents is 1. The summed E-state index contributed by atoms with van der Waals surface area (Å²) in [6.07, 6.45) is 0.820. The maximum absolute atomic E-state index is 10.4. The van der Waals surface area contributed by atoms with Crippen LogP contribution in [0.2, 0.25) is 0 Å². The average molecular weight is 308 g/mol. The number of aromatic amines is 1. The van der Waals surface area contributed by atoms with E-state index in [4.69, 9.17) is 4.74 Å². The van der Waals surface area contributed by atoms with Gasteiger partial charge in [0.15, 0.2) is 0 Å². The highest BCUT2D eigenvalue weighted by Crippen LogP contribution is 2.40. The maximum atomic E-state index is 10.4. The van der Waals surface area contributed by atoms with E-state index in [-0.39, 0.29) is 5.75 Å². The van der Waals surface area contributed by atoms with Gasteiger partial charge in [-0.15, -0.1) is 0 Å². The highest BCUT2D eigenvalue weighted by molar-refractivity contribution is 5.85. The van der Waals surface area contributed by atoms with Crippen LogP contribution in [0.15, 0.2) is 42.5 Å². The van der Waals surface area contributed by atoms with Gasteiger partial charge >= 0.3 is 0 Å². The Bertz CT molecular complexity index is 823. The van der Waals surface area contributed by atoms with Crippen molar-refractivity contribution in [2.45, 2.75) is 20.3 Å². The van der Waals surface area contributed by atoms with Crippen molar-refractivity contribution < 1.29 is 9.84 Å². The van der Waals surface area contributed by atoms with E-state index in [1.54, 1.807) is 13.2 Å². The number of nitrogens with one attached hydrogen (secondary N) is 1. The number of nitrogens with zero attached hydrogens (tertiary/aromatic N) is 1. The molecule has 0 bridgehead atoms. The fraction of sp³-hybridized carbons (Fsp3) is 0.211. The molecule has 1 heterocycles. The lowest BCUT2D eigenvalue weighted by Crippen LogP contribution is -1.93. The molecule has 0 unspecified atom stereocenters. The van der Waals surface area contributed by atoms with Crippen molar-refractivity contribution in [3.63, 3.8) is 0 Å². The molecular weight excluding hydrogens is 288 g/mol. The Morgan fingerprint density at radius 2 is 1.91 bits per heavy atom. The first kappa shape index (κ1) is 15.2. The summed E-state index contributed by atoms with van der Waals surface area (Å²) in [7, 11) is 1.61. The van der Waals surface area contributed by atoms with Crippen LogP contribution < -0.4 is 4.74 Å². The SMILES string of the molecule is CCc1cc(-c2n[nH]c(C)c2-c2ccccc2)c(O)cc1OC. The van der Waals surface area contributed by atoms with E-state index in [1.807, 2.05) is 43.3 Å². The van der Waals surface area contributed by atoms with Crippen LogP contribution in [-0.2, 0) is 6.42 Å². The van der Waals surface area contributed by atoms with Gasteiger partial charge in [-0.2, -0.15) is 5.10 Å². The van der Waals surface area contributed by atoms with E-state index in [9.17, 15) is 5.11 Å². The Kier molecular flexibility index (Phi) is 4.06. The van der Waals surface area contributed by atoms with Crippen LogP contribution in [-0.4, -0.2) is 22.4 Å². The second kappa shape index (κ2) is 6.16. The van der Waals surface area contributed by atoms with Crippen molar-refractivity contribution in [3.05, 3.63) is 53.7 Å². The molecule has 3 aromatic rings. The van der Waals surface area contributed by atoms with Gasteiger partial charge in [-0.05, 0) is 30.5 Å². The zero-order chi connectivity index (χ0) is 16.4. The molecule has 0 amide bonds. The lowest BCUT2D eigenvalue weighted by Gasteiger charge is -2.12. The van der Waals surface area contributed by atoms with Gasteiger partial charge in [-0.25, -0.2) is 0 Å². The molecular formula is C19H20N2O2. The topological polar surface area (TPSA) is 58.1 Å². The summed E-state index contributed by atoms with van der Waals surface area (Å²) in [5.41, 5.74) is 5.56. The number of phenols is 1. The summed E-state index contributed by atoms with van der Waals surface area (Å²) >= 11 is 0. The summed E-state index contributed by atoms with van der Waals surface area (Å²) < 4.78 is 5.34. The number of ether oxygens (including phenoxy) is 1. The summed E-state index contributed by atoms with van der Waals surface area (Å²) in [6, 6.07) is 13.7. The first-order valence-corrected chi connectivity index (χ1v) is 7.66. The van der Waals surface area contributed by atoms with Crippen LogP contribution in [0, 0.1) is 6.92 Å². The third kappa shape index (κ3) is 2.68. The van der Waals surface area contributed by atoms with Gasteiger partial charge in [0.05, 0.1) is 7.11 Å². The normalized spacial score (nSPS) is 10.7. The van der Waals surface area contributed by atoms with Crippen molar-refractivity contribution in [3.8, 4) is 33.9 Å². The summed E-state index contributed by atoms with van der Waals surface area (Å²) in [5.74, 6) is 0.866. The summed E-state index contributed by atoms with van der Waals surface area (Å²) in [6.45, 7) is 4.05. The highest BCUT2D eigenvalue weighted by Gasteiger charge is 2.19. The molecule has 1 aromatic heterocycles. The molecule has 23 heavy (non-hydrogen) atoms. The van der Waals surface area contributed by atoms with Gasteiger partial charge in [0, 0.05) is 22.9 Å².